The third-order valence-corrected chi connectivity index (χ3v) is 2.83. The third-order valence-electron chi connectivity index (χ3n) is 2.83. The maximum Gasteiger partial charge on any atom is 0.332 e. The number of amides is 2. The van der Waals surface area contributed by atoms with E-state index in [1.807, 2.05) is 0 Å². The van der Waals surface area contributed by atoms with E-state index in [2.05, 4.69) is 10.5 Å². The fourth-order valence-electron chi connectivity index (χ4n) is 2.07. The Morgan fingerprint density at radius 3 is 2.83 bits per heavy atom. The average Bonchev–Trinajstić information content (AvgIpc) is 2.00. The number of rotatable bonds is 1. The lowest BCUT2D eigenvalue weighted by Crippen LogP contribution is -2.38. The number of hydrogen-bond acceptors (Lipinski definition) is 2. The van der Waals surface area contributed by atoms with E-state index in [1.165, 1.54) is 19.3 Å². The van der Waals surface area contributed by atoms with Crippen molar-refractivity contribution in [1.29, 1.82) is 0 Å². The van der Waals surface area contributed by atoms with Crippen LogP contribution in [0, 0.1) is 11.8 Å². The molecule has 0 heterocycles. The van der Waals surface area contributed by atoms with Gasteiger partial charge in [-0.3, -0.25) is 0 Å². The summed E-state index contributed by atoms with van der Waals surface area (Å²) in [5.74, 6) is 1.57. The summed E-state index contributed by atoms with van der Waals surface area (Å²) >= 11 is 0. The van der Waals surface area contributed by atoms with Gasteiger partial charge >= 0.3 is 6.03 Å². The SMILES string of the molecule is NC(=O)N/N=C1/CCC2CC1C2. The highest BCUT2D eigenvalue weighted by atomic mass is 16.2. The van der Waals surface area contributed by atoms with Gasteiger partial charge in [-0.15, -0.1) is 0 Å². The van der Waals surface area contributed by atoms with Crippen molar-refractivity contribution in [2.75, 3.05) is 0 Å². The van der Waals surface area contributed by atoms with Crippen LogP contribution in [-0.4, -0.2) is 11.7 Å². The Morgan fingerprint density at radius 1 is 1.58 bits per heavy atom. The standard InChI is InChI=1S/C8H13N3O/c9-8(12)11-10-7-2-1-5-3-6(7)4-5/h5-6H,1-4H2,(H3,9,11,12)/b10-7-. The second-order valence-corrected chi connectivity index (χ2v) is 3.65. The molecule has 2 bridgehead atoms. The monoisotopic (exact) mass is 167 g/mol. The van der Waals surface area contributed by atoms with E-state index in [9.17, 15) is 4.79 Å². The van der Waals surface area contributed by atoms with Crippen molar-refractivity contribution in [3.8, 4) is 0 Å². The van der Waals surface area contributed by atoms with Gasteiger partial charge in [-0.1, -0.05) is 0 Å². The molecule has 0 saturated heterocycles. The summed E-state index contributed by atoms with van der Waals surface area (Å²) in [7, 11) is 0. The van der Waals surface area contributed by atoms with Crippen molar-refractivity contribution >= 4 is 11.7 Å². The Morgan fingerprint density at radius 2 is 2.33 bits per heavy atom. The third kappa shape index (κ3) is 1.29. The minimum Gasteiger partial charge on any atom is -0.350 e. The molecule has 3 saturated carbocycles. The first-order valence-corrected chi connectivity index (χ1v) is 4.37. The topological polar surface area (TPSA) is 67.5 Å². The molecule has 0 spiro atoms. The Kier molecular flexibility index (Phi) is 1.75. The minimum atomic E-state index is -0.566. The molecule has 0 aromatic heterocycles. The number of nitrogens with two attached hydrogens (primary N) is 1. The first kappa shape index (κ1) is 7.58. The lowest BCUT2D eigenvalue weighted by atomic mass is 9.64. The predicted octanol–water partition coefficient (Wildman–Crippen LogP) is 0.831. The first-order valence-electron chi connectivity index (χ1n) is 4.37. The van der Waals surface area contributed by atoms with Crippen LogP contribution in [-0.2, 0) is 0 Å². The van der Waals surface area contributed by atoms with Gasteiger partial charge < -0.3 is 5.73 Å². The number of hydrogen-bond donors (Lipinski definition) is 2. The molecule has 0 aromatic carbocycles. The Hall–Kier alpha value is -1.06. The van der Waals surface area contributed by atoms with E-state index in [1.54, 1.807) is 0 Å². The number of primary amides is 1. The number of hydrazone groups is 1. The Balaban J connectivity index is 1.93. The summed E-state index contributed by atoms with van der Waals surface area (Å²) in [4.78, 5) is 10.4. The molecule has 0 atom stereocenters. The molecule has 0 aromatic rings. The molecule has 4 nitrogen and oxygen atoms in total. The van der Waals surface area contributed by atoms with Crippen molar-refractivity contribution in [2.24, 2.45) is 22.7 Å². The van der Waals surface area contributed by atoms with Gasteiger partial charge in [0.05, 0.1) is 0 Å². The fraction of sp³-hybridized carbons (Fsp3) is 0.750. The second-order valence-electron chi connectivity index (χ2n) is 3.65. The average molecular weight is 167 g/mol. The van der Waals surface area contributed by atoms with Crippen LogP contribution in [0.15, 0.2) is 5.10 Å². The normalized spacial score (nSPS) is 35.8. The Bertz CT molecular complexity index is 228. The lowest BCUT2D eigenvalue weighted by molar-refractivity contribution is 0.213. The van der Waals surface area contributed by atoms with Crippen LogP contribution in [0.3, 0.4) is 0 Å². The molecule has 0 aliphatic heterocycles. The molecular weight excluding hydrogens is 154 g/mol. The lowest BCUT2D eigenvalue weighted by Gasteiger charge is -2.41. The highest BCUT2D eigenvalue weighted by molar-refractivity contribution is 5.89. The molecule has 12 heavy (non-hydrogen) atoms. The minimum absolute atomic E-state index is 0.566. The Labute approximate surface area is 71.2 Å². The van der Waals surface area contributed by atoms with E-state index >= 15 is 0 Å². The van der Waals surface area contributed by atoms with Crippen LogP contribution in [0.5, 0.6) is 0 Å². The molecule has 2 amide bonds. The second kappa shape index (κ2) is 2.77. The van der Waals surface area contributed by atoms with Crippen LogP contribution in [0.2, 0.25) is 0 Å². The summed E-state index contributed by atoms with van der Waals surface area (Å²) in [5.41, 5.74) is 8.34. The molecule has 0 radical (unpaired) electrons. The fourth-order valence-corrected chi connectivity index (χ4v) is 2.07. The number of nitrogens with zero attached hydrogens (tertiary/aromatic N) is 1. The van der Waals surface area contributed by atoms with Gasteiger partial charge in [-0.05, 0) is 37.5 Å². The van der Waals surface area contributed by atoms with Crippen molar-refractivity contribution < 1.29 is 4.79 Å². The molecule has 3 fully saturated rings. The van der Waals surface area contributed by atoms with E-state index in [-0.39, 0.29) is 0 Å². The van der Waals surface area contributed by atoms with Gasteiger partial charge in [0.2, 0.25) is 0 Å². The predicted molar refractivity (Wildman–Crippen MR) is 45.6 cm³/mol. The van der Waals surface area contributed by atoms with Crippen LogP contribution in [0.1, 0.15) is 25.7 Å². The van der Waals surface area contributed by atoms with E-state index in [4.69, 9.17) is 5.73 Å². The highest BCUT2D eigenvalue weighted by Gasteiger charge is 2.37. The zero-order valence-corrected chi connectivity index (χ0v) is 6.92. The van der Waals surface area contributed by atoms with Crippen LogP contribution in [0.25, 0.3) is 0 Å². The zero-order chi connectivity index (χ0) is 8.55. The van der Waals surface area contributed by atoms with Gasteiger partial charge in [0.25, 0.3) is 0 Å². The van der Waals surface area contributed by atoms with Crippen molar-refractivity contribution in [2.45, 2.75) is 25.7 Å². The number of carbonyl (C=O) groups excluding carboxylic acids is 1. The molecular formula is C8H13N3O. The number of urea groups is 1. The summed E-state index contributed by atoms with van der Waals surface area (Å²) < 4.78 is 0. The molecule has 3 aliphatic carbocycles. The smallest absolute Gasteiger partial charge is 0.332 e. The summed E-state index contributed by atoms with van der Waals surface area (Å²) in [6.45, 7) is 0. The van der Waals surface area contributed by atoms with Gasteiger partial charge in [-0.25, -0.2) is 10.2 Å². The van der Waals surface area contributed by atoms with Crippen LogP contribution < -0.4 is 11.2 Å². The number of nitrogens with one attached hydrogen (secondary N) is 1. The number of fused-ring (bicyclic) bond motifs is 2. The van der Waals surface area contributed by atoms with Gasteiger partial charge in [-0.2, -0.15) is 5.10 Å². The molecule has 66 valence electrons. The molecule has 3 N–H and O–H groups in total. The largest absolute Gasteiger partial charge is 0.350 e. The van der Waals surface area contributed by atoms with E-state index in [0.29, 0.717) is 5.92 Å². The van der Waals surface area contributed by atoms with Gasteiger partial charge in [0, 0.05) is 5.71 Å². The highest BCUT2D eigenvalue weighted by Crippen LogP contribution is 2.43. The van der Waals surface area contributed by atoms with E-state index in [0.717, 1.165) is 18.1 Å². The summed E-state index contributed by atoms with van der Waals surface area (Å²) in [6.07, 6.45) is 4.80. The van der Waals surface area contributed by atoms with Crippen molar-refractivity contribution in [3.05, 3.63) is 0 Å². The molecule has 4 heteroatoms. The van der Waals surface area contributed by atoms with Crippen LogP contribution >= 0.6 is 0 Å². The number of carbonyl (C=O) groups is 1. The quantitative estimate of drug-likeness (QED) is 0.558. The maximum absolute atomic E-state index is 10.4. The summed E-state index contributed by atoms with van der Waals surface area (Å²) in [5, 5.41) is 3.99. The van der Waals surface area contributed by atoms with Crippen molar-refractivity contribution in [3.63, 3.8) is 0 Å². The van der Waals surface area contributed by atoms with Gasteiger partial charge in [0.15, 0.2) is 0 Å². The molecule has 0 unspecified atom stereocenters. The molecule has 3 rings (SSSR count). The van der Waals surface area contributed by atoms with Gasteiger partial charge in [0.1, 0.15) is 0 Å². The maximum atomic E-state index is 10.4. The van der Waals surface area contributed by atoms with E-state index < -0.39 is 6.03 Å². The molecule has 3 aliphatic rings. The summed E-state index contributed by atoms with van der Waals surface area (Å²) in [6, 6.07) is -0.566. The zero-order valence-electron chi connectivity index (χ0n) is 6.92. The van der Waals surface area contributed by atoms with Crippen molar-refractivity contribution in [1.82, 2.24) is 5.43 Å². The first-order chi connectivity index (χ1) is 5.75. The van der Waals surface area contributed by atoms with Crippen LogP contribution in [0.4, 0.5) is 4.79 Å².